The van der Waals surface area contributed by atoms with Gasteiger partial charge in [0.15, 0.2) is 12.4 Å². The van der Waals surface area contributed by atoms with Gasteiger partial charge in [-0.3, -0.25) is 9.59 Å². The highest BCUT2D eigenvalue weighted by Crippen LogP contribution is 2.13. The van der Waals surface area contributed by atoms with E-state index in [0.29, 0.717) is 28.8 Å². The molecule has 0 amide bonds. The van der Waals surface area contributed by atoms with Crippen LogP contribution in [0, 0.1) is 0 Å². The van der Waals surface area contributed by atoms with Crippen molar-refractivity contribution in [2.24, 2.45) is 0 Å². The largest absolute Gasteiger partial charge is 0.457 e. The Morgan fingerprint density at radius 1 is 1.29 bits per heavy atom. The number of hydrogen-bond donors (Lipinski definition) is 1. The molecular weight excluding hydrogens is 312 g/mol. The van der Waals surface area contributed by atoms with Crippen LogP contribution in [0.3, 0.4) is 0 Å². The number of carbonyl (C=O) groups is 1. The summed E-state index contributed by atoms with van der Waals surface area (Å²) in [5.41, 5.74) is 0.171. The van der Waals surface area contributed by atoms with E-state index in [4.69, 9.17) is 4.74 Å². The average molecular weight is 328 g/mol. The monoisotopic (exact) mass is 328 g/mol. The van der Waals surface area contributed by atoms with E-state index in [2.05, 4.69) is 25.7 Å². The quantitative estimate of drug-likeness (QED) is 0.659. The van der Waals surface area contributed by atoms with E-state index >= 15 is 0 Å². The number of fused-ring (bicyclic) bond motifs is 1. The van der Waals surface area contributed by atoms with Crippen molar-refractivity contribution >= 4 is 16.7 Å². The molecule has 124 valence electrons. The lowest BCUT2D eigenvalue weighted by Crippen LogP contribution is -2.16. The number of ether oxygens (including phenoxy) is 1. The molecule has 0 aliphatic rings. The van der Waals surface area contributed by atoms with Gasteiger partial charge in [-0.1, -0.05) is 25.1 Å². The lowest BCUT2D eigenvalue weighted by Gasteiger charge is -2.06. The predicted octanol–water partition coefficient (Wildman–Crippen LogP) is 0.605. The molecule has 9 heteroatoms. The van der Waals surface area contributed by atoms with Crippen molar-refractivity contribution < 1.29 is 9.53 Å². The Labute approximate surface area is 136 Å². The fourth-order valence-electron chi connectivity index (χ4n) is 2.35. The molecule has 2 aromatic heterocycles. The van der Waals surface area contributed by atoms with E-state index in [-0.39, 0.29) is 18.6 Å². The summed E-state index contributed by atoms with van der Waals surface area (Å²) in [6.07, 6.45) is 0.825. The van der Waals surface area contributed by atoms with Gasteiger partial charge in [0.1, 0.15) is 0 Å². The first-order chi connectivity index (χ1) is 11.7. The zero-order valence-electron chi connectivity index (χ0n) is 13.1. The molecule has 0 bridgehead atoms. The molecule has 0 saturated heterocycles. The van der Waals surface area contributed by atoms with E-state index in [1.54, 1.807) is 28.9 Å². The highest BCUT2D eigenvalue weighted by atomic mass is 16.5. The molecular formula is C15H16N6O3. The van der Waals surface area contributed by atoms with Crippen molar-refractivity contribution in [2.75, 3.05) is 0 Å². The molecule has 3 rings (SSSR count). The fourth-order valence-corrected chi connectivity index (χ4v) is 2.35. The number of carbonyl (C=O) groups excluding carboxylic acids is 1. The van der Waals surface area contributed by atoms with Crippen molar-refractivity contribution in [3.05, 3.63) is 46.1 Å². The van der Waals surface area contributed by atoms with Gasteiger partial charge in [-0.15, -0.1) is 5.10 Å². The number of nitrogens with one attached hydrogen (secondary N) is 1. The molecule has 0 spiro atoms. The van der Waals surface area contributed by atoms with Gasteiger partial charge in [-0.2, -0.15) is 5.10 Å². The van der Waals surface area contributed by atoms with Crippen molar-refractivity contribution in [1.29, 1.82) is 0 Å². The molecule has 2 heterocycles. The van der Waals surface area contributed by atoms with Gasteiger partial charge in [0, 0.05) is 11.9 Å². The van der Waals surface area contributed by atoms with Gasteiger partial charge in [0.25, 0.3) is 5.56 Å². The van der Waals surface area contributed by atoms with Crippen LogP contribution in [0.4, 0.5) is 0 Å². The number of aromatic nitrogens is 6. The van der Waals surface area contributed by atoms with Gasteiger partial charge in [-0.25, -0.2) is 9.78 Å². The highest BCUT2D eigenvalue weighted by Gasteiger charge is 2.13. The van der Waals surface area contributed by atoms with Crippen molar-refractivity contribution in [2.45, 2.75) is 32.9 Å². The Bertz CT molecular complexity index is 917. The van der Waals surface area contributed by atoms with Gasteiger partial charge in [0.05, 0.1) is 17.5 Å². The number of aromatic amines is 1. The molecule has 1 N–H and O–H groups in total. The maximum Gasteiger partial charge on any atom is 0.312 e. The summed E-state index contributed by atoms with van der Waals surface area (Å²) in [5.74, 6) is 0.0234. The van der Waals surface area contributed by atoms with E-state index in [9.17, 15) is 9.59 Å². The second-order valence-corrected chi connectivity index (χ2v) is 5.20. The lowest BCUT2D eigenvalue weighted by atomic mass is 10.1. The fraction of sp³-hybridized carbons (Fsp3) is 0.333. The molecule has 1 aromatic carbocycles. The molecule has 0 aliphatic carbocycles. The molecule has 0 radical (unpaired) electrons. The van der Waals surface area contributed by atoms with Crippen LogP contribution in [0.2, 0.25) is 0 Å². The van der Waals surface area contributed by atoms with Crippen LogP contribution < -0.4 is 5.56 Å². The van der Waals surface area contributed by atoms with E-state index < -0.39 is 5.97 Å². The van der Waals surface area contributed by atoms with Crippen LogP contribution in [0.1, 0.15) is 24.9 Å². The minimum atomic E-state index is -0.467. The van der Waals surface area contributed by atoms with Crippen molar-refractivity contribution in [1.82, 2.24) is 30.4 Å². The summed E-state index contributed by atoms with van der Waals surface area (Å²) in [6, 6.07) is 6.98. The zero-order valence-corrected chi connectivity index (χ0v) is 13.1. The van der Waals surface area contributed by atoms with Crippen LogP contribution in [0.5, 0.6) is 0 Å². The smallest absolute Gasteiger partial charge is 0.312 e. The zero-order chi connectivity index (χ0) is 16.9. The third kappa shape index (κ3) is 3.29. The van der Waals surface area contributed by atoms with Crippen LogP contribution >= 0.6 is 0 Å². The molecule has 24 heavy (non-hydrogen) atoms. The molecule has 0 atom stereocenters. The number of esters is 1. The minimum Gasteiger partial charge on any atom is -0.457 e. The standard InChI is InChI=1S/C15H16N6O3/c1-2-7-21-13(17-19-20-21)9-24-14(22)8-12-10-5-3-4-6-11(10)15(23)18-16-12/h3-6H,2,7-9H2,1H3,(H,18,23). The molecule has 0 fully saturated rings. The first-order valence-electron chi connectivity index (χ1n) is 7.56. The predicted molar refractivity (Wildman–Crippen MR) is 84.0 cm³/mol. The normalized spacial score (nSPS) is 10.9. The number of hydrogen-bond acceptors (Lipinski definition) is 7. The summed E-state index contributed by atoms with van der Waals surface area (Å²) >= 11 is 0. The molecule has 9 nitrogen and oxygen atoms in total. The summed E-state index contributed by atoms with van der Waals surface area (Å²) in [4.78, 5) is 23.8. The highest BCUT2D eigenvalue weighted by molar-refractivity contribution is 5.86. The number of H-pyrrole nitrogens is 1. The first-order valence-corrected chi connectivity index (χ1v) is 7.56. The van der Waals surface area contributed by atoms with E-state index in [0.717, 1.165) is 6.42 Å². The van der Waals surface area contributed by atoms with Crippen LogP contribution in [-0.2, 0) is 29.1 Å². The average Bonchev–Trinajstić information content (AvgIpc) is 3.03. The number of rotatable bonds is 6. The SMILES string of the molecule is CCCn1nnnc1COC(=O)Cc1n[nH]c(=O)c2ccccc12. The summed E-state index contributed by atoms with van der Waals surface area (Å²) < 4.78 is 6.82. The Morgan fingerprint density at radius 2 is 2.08 bits per heavy atom. The summed E-state index contributed by atoms with van der Waals surface area (Å²) in [7, 11) is 0. The maximum absolute atomic E-state index is 12.1. The summed E-state index contributed by atoms with van der Waals surface area (Å²) in [5, 5.41) is 18.7. The number of benzene rings is 1. The van der Waals surface area contributed by atoms with Crippen LogP contribution in [0.15, 0.2) is 29.1 Å². The van der Waals surface area contributed by atoms with E-state index in [1.165, 1.54) is 0 Å². The van der Waals surface area contributed by atoms with Gasteiger partial charge in [0.2, 0.25) is 0 Å². The van der Waals surface area contributed by atoms with Crippen molar-refractivity contribution in [3.8, 4) is 0 Å². The Hall–Kier alpha value is -3.10. The van der Waals surface area contributed by atoms with Crippen LogP contribution in [0.25, 0.3) is 10.8 Å². The maximum atomic E-state index is 12.1. The Balaban J connectivity index is 1.70. The molecule has 3 aromatic rings. The van der Waals surface area contributed by atoms with Crippen molar-refractivity contribution in [3.63, 3.8) is 0 Å². The number of tetrazole rings is 1. The summed E-state index contributed by atoms with van der Waals surface area (Å²) in [6.45, 7) is 2.66. The van der Waals surface area contributed by atoms with E-state index in [1.807, 2.05) is 6.92 Å². The van der Waals surface area contributed by atoms with Gasteiger partial charge in [-0.05, 0) is 22.9 Å². The molecule has 0 aliphatic heterocycles. The van der Waals surface area contributed by atoms with Crippen LogP contribution in [-0.4, -0.2) is 36.4 Å². The van der Waals surface area contributed by atoms with Gasteiger partial charge >= 0.3 is 5.97 Å². The lowest BCUT2D eigenvalue weighted by molar-refractivity contribution is -0.144. The molecule has 0 unspecified atom stereocenters. The second-order valence-electron chi connectivity index (χ2n) is 5.20. The minimum absolute atomic E-state index is 0.00683. The Kier molecular flexibility index (Phi) is 4.59. The third-order valence-electron chi connectivity index (χ3n) is 3.49. The van der Waals surface area contributed by atoms with Gasteiger partial charge < -0.3 is 4.74 Å². The Morgan fingerprint density at radius 3 is 2.88 bits per heavy atom. The first kappa shape index (κ1) is 15.8. The number of aryl methyl sites for hydroxylation is 1. The second kappa shape index (κ2) is 6.99. The topological polar surface area (TPSA) is 116 Å². The molecule has 0 saturated carbocycles. The number of nitrogens with zero attached hydrogens (tertiary/aromatic N) is 5. The third-order valence-corrected chi connectivity index (χ3v) is 3.49.